The number of nitrogens with zero attached hydrogens (tertiary/aromatic N) is 2. The first kappa shape index (κ1) is 16.4. The van der Waals surface area contributed by atoms with E-state index in [2.05, 4.69) is 15.5 Å². The number of amides is 1. The second-order valence-corrected chi connectivity index (χ2v) is 5.71. The number of carbonyl (C=O) groups excluding carboxylic acids is 1. The van der Waals surface area contributed by atoms with Crippen LogP contribution in [-0.2, 0) is 9.59 Å². The summed E-state index contributed by atoms with van der Waals surface area (Å²) in [5.41, 5.74) is -0.164. The first-order valence-electron chi connectivity index (χ1n) is 5.82. The maximum atomic E-state index is 13.5. The number of hydrogen-bond acceptors (Lipinski definition) is 5. The van der Waals surface area contributed by atoms with E-state index in [0.717, 1.165) is 18.0 Å². The lowest BCUT2D eigenvalue weighted by molar-refractivity contribution is -0.138. The van der Waals surface area contributed by atoms with Crippen LogP contribution >= 0.6 is 23.4 Å². The van der Waals surface area contributed by atoms with E-state index in [9.17, 15) is 18.4 Å². The van der Waals surface area contributed by atoms with Gasteiger partial charge in [-0.15, -0.1) is 5.10 Å². The molecule has 116 valence electrons. The molecule has 1 amide bonds. The number of rotatable bonds is 4. The summed E-state index contributed by atoms with van der Waals surface area (Å²) >= 11 is 6.31. The van der Waals surface area contributed by atoms with Gasteiger partial charge in [-0.25, -0.2) is 8.78 Å². The summed E-state index contributed by atoms with van der Waals surface area (Å²) in [6, 6.07) is 2.39. The molecule has 1 aromatic rings. The Kier molecular flexibility index (Phi) is 5.09. The van der Waals surface area contributed by atoms with Crippen LogP contribution in [0, 0.1) is 11.6 Å². The highest BCUT2D eigenvalue weighted by atomic mass is 35.5. The smallest absolute Gasteiger partial charge is 0.305 e. The van der Waals surface area contributed by atoms with Crippen molar-refractivity contribution in [3.63, 3.8) is 0 Å². The van der Waals surface area contributed by atoms with E-state index >= 15 is 0 Å². The summed E-state index contributed by atoms with van der Waals surface area (Å²) < 4.78 is 26.7. The van der Waals surface area contributed by atoms with Gasteiger partial charge >= 0.3 is 5.97 Å². The Morgan fingerprint density at radius 1 is 1.45 bits per heavy atom. The van der Waals surface area contributed by atoms with Gasteiger partial charge in [0.05, 0.1) is 17.7 Å². The number of carboxylic acids is 1. The normalized spacial score (nSPS) is 19.9. The van der Waals surface area contributed by atoms with Gasteiger partial charge in [-0.05, 0) is 12.1 Å². The van der Waals surface area contributed by atoms with Crippen molar-refractivity contribution in [2.45, 2.75) is 11.7 Å². The maximum absolute atomic E-state index is 13.5. The number of benzene rings is 1. The van der Waals surface area contributed by atoms with Gasteiger partial charge in [0.2, 0.25) is 5.91 Å². The molecule has 0 aromatic heterocycles. The molecule has 2 N–H and O–H groups in total. The average molecular weight is 348 g/mol. The van der Waals surface area contributed by atoms with E-state index in [4.69, 9.17) is 16.7 Å². The van der Waals surface area contributed by atoms with Crippen molar-refractivity contribution in [3.05, 3.63) is 34.4 Å². The number of thioether (sulfide) groups is 1. The van der Waals surface area contributed by atoms with Gasteiger partial charge in [-0.3, -0.25) is 9.59 Å². The van der Waals surface area contributed by atoms with Gasteiger partial charge in [0, 0.05) is 5.56 Å². The summed E-state index contributed by atoms with van der Waals surface area (Å²) in [5, 5.41) is 17.1. The zero-order valence-electron chi connectivity index (χ0n) is 10.7. The predicted molar refractivity (Wildman–Crippen MR) is 78.2 cm³/mol. The molecule has 1 saturated heterocycles. The molecule has 2 rings (SSSR count). The molecule has 0 bridgehead atoms. The number of amidine groups is 1. The first-order valence-corrected chi connectivity index (χ1v) is 7.08. The van der Waals surface area contributed by atoms with Crippen molar-refractivity contribution in [2.24, 2.45) is 10.2 Å². The van der Waals surface area contributed by atoms with E-state index in [-0.39, 0.29) is 22.2 Å². The Hall–Kier alpha value is -2.00. The van der Waals surface area contributed by atoms with Crippen molar-refractivity contribution in [3.8, 4) is 0 Å². The fourth-order valence-corrected chi connectivity index (χ4v) is 2.59. The Balaban J connectivity index is 2.08. The lowest BCUT2D eigenvalue weighted by atomic mass is 10.2. The molecule has 6 nitrogen and oxygen atoms in total. The summed E-state index contributed by atoms with van der Waals surface area (Å²) in [4.78, 5) is 22.0. The van der Waals surface area contributed by atoms with E-state index in [1.54, 1.807) is 0 Å². The van der Waals surface area contributed by atoms with E-state index < -0.39 is 28.8 Å². The number of nitrogens with one attached hydrogen (secondary N) is 1. The standard InChI is InChI=1S/C12H8ClF2N3O3S/c13-6-2-1-5(9(14)10(6)15)4-16-18-12-17-11(21)7(22-12)3-8(19)20/h1-2,4,7H,3H2,(H,19,20)(H,17,18,21). The lowest BCUT2D eigenvalue weighted by Gasteiger charge is -1.99. The van der Waals surface area contributed by atoms with Crippen LogP contribution in [0.3, 0.4) is 0 Å². The van der Waals surface area contributed by atoms with Crippen molar-refractivity contribution in [1.29, 1.82) is 0 Å². The predicted octanol–water partition coefficient (Wildman–Crippen LogP) is 2.01. The third-order valence-corrected chi connectivity index (χ3v) is 3.91. The molecule has 0 saturated carbocycles. The summed E-state index contributed by atoms with van der Waals surface area (Å²) in [6.45, 7) is 0. The Bertz CT molecular complexity index is 696. The van der Waals surface area contributed by atoms with E-state index in [1.807, 2.05) is 0 Å². The zero-order chi connectivity index (χ0) is 16.3. The van der Waals surface area contributed by atoms with Crippen LogP contribution in [0.15, 0.2) is 22.3 Å². The number of aliphatic carboxylic acids is 1. The molecule has 1 aromatic carbocycles. The number of hydrogen-bond donors (Lipinski definition) is 2. The van der Waals surface area contributed by atoms with Crippen LogP contribution < -0.4 is 5.32 Å². The van der Waals surface area contributed by atoms with E-state index in [0.29, 0.717) is 0 Å². The Morgan fingerprint density at radius 3 is 2.86 bits per heavy atom. The van der Waals surface area contributed by atoms with E-state index in [1.165, 1.54) is 12.1 Å². The van der Waals surface area contributed by atoms with Crippen LogP contribution in [0.2, 0.25) is 5.02 Å². The van der Waals surface area contributed by atoms with Crippen LogP contribution in [0.25, 0.3) is 0 Å². The van der Waals surface area contributed by atoms with Gasteiger partial charge in [-0.2, -0.15) is 5.10 Å². The highest BCUT2D eigenvalue weighted by molar-refractivity contribution is 8.15. The molecule has 1 aliphatic heterocycles. The molecule has 0 spiro atoms. The van der Waals surface area contributed by atoms with Crippen molar-refractivity contribution in [1.82, 2.24) is 5.32 Å². The van der Waals surface area contributed by atoms with Crippen molar-refractivity contribution in [2.75, 3.05) is 0 Å². The third kappa shape index (κ3) is 3.80. The second kappa shape index (κ2) is 6.84. The molecule has 0 aliphatic carbocycles. The minimum atomic E-state index is -1.19. The topological polar surface area (TPSA) is 91.1 Å². The highest BCUT2D eigenvalue weighted by Gasteiger charge is 2.32. The summed E-state index contributed by atoms with van der Waals surface area (Å²) in [6.07, 6.45) is 0.606. The van der Waals surface area contributed by atoms with Gasteiger partial charge in [0.15, 0.2) is 16.8 Å². The molecular formula is C12H8ClF2N3O3S. The lowest BCUT2D eigenvalue weighted by Crippen LogP contribution is -2.26. The minimum absolute atomic E-state index is 0.0855. The number of carboxylic acid groups (broad SMARTS) is 1. The third-order valence-electron chi connectivity index (χ3n) is 2.55. The SMILES string of the molecule is O=C(O)CC1SC(=NN=Cc2ccc(Cl)c(F)c2F)NC1=O. The molecular weight excluding hydrogens is 340 g/mol. The maximum Gasteiger partial charge on any atom is 0.305 e. The minimum Gasteiger partial charge on any atom is -0.481 e. The fourth-order valence-electron chi connectivity index (χ4n) is 1.53. The molecule has 1 fully saturated rings. The average Bonchev–Trinajstić information content (AvgIpc) is 2.78. The van der Waals surface area contributed by atoms with Gasteiger partial charge in [-0.1, -0.05) is 23.4 Å². The molecule has 1 aliphatic rings. The van der Waals surface area contributed by atoms with Gasteiger partial charge in [0.25, 0.3) is 0 Å². The quantitative estimate of drug-likeness (QED) is 0.495. The Morgan fingerprint density at radius 2 is 2.18 bits per heavy atom. The van der Waals surface area contributed by atoms with Crippen molar-refractivity contribution < 1.29 is 23.5 Å². The number of halogens is 3. The molecule has 22 heavy (non-hydrogen) atoms. The molecule has 1 unspecified atom stereocenters. The van der Waals surface area contributed by atoms with Crippen molar-refractivity contribution >= 4 is 46.6 Å². The molecule has 1 heterocycles. The van der Waals surface area contributed by atoms with Crippen LogP contribution in [0.1, 0.15) is 12.0 Å². The van der Waals surface area contributed by atoms with Gasteiger partial charge < -0.3 is 10.4 Å². The van der Waals surface area contributed by atoms with Gasteiger partial charge in [0.1, 0.15) is 5.25 Å². The van der Waals surface area contributed by atoms with Crippen LogP contribution in [0.4, 0.5) is 8.78 Å². The summed E-state index contributed by atoms with van der Waals surface area (Å²) in [5.74, 6) is -3.96. The van der Waals surface area contributed by atoms with Crippen LogP contribution in [-0.4, -0.2) is 33.6 Å². The largest absolute Gasteiger partial charge is 0.481 e. The second-order valence-electron chi connectivity index (χ2n) is 4.11. The number of carbonyl (C=O) groups is 2. The molecule has 1 atom stereocenters. The molecule has 10 heteroatoms. The highest BCUT2D eigenvalue weighted by Crippen LogP contribution is 2.22. The fraction of sp³-hybridized carbons (Fsp3) is 0.167. The summed E-state index contributed by atoms with van der Waals surface area (Å²) in [7, 11) is 0. The van der Waals surface area contributed by atoms with Crippen LogP contribution in [0.5, 0.6) is 0 Å². The first-order chi connectivity index (χ1) is 10.4. The monoisotopic (exact) mass is 347 g/mol. The zero-order valence-corrected chi connectivity index (χ0v) is 12.3. The Labute approximate surface area is 132 Å². The molecule has 0 radical (unpaired) electrons.